The van der Waals surface area contributed by atoms with E-state index < -0.39 is 0 Å². The number of benzene rings is 1. The fourth-order valence-electron chi connectivity index (χ4n) is 2.83. The Morgan fingerprint density at radius 3 is 2.71 bits per heavy atom. The highest BCUT2D eigenvalue weighted by molar-refractivity contribution is 5.78. The molecule has 1 heterocycles. The molecule has 0 radical (unpaired) electrons. The maximum atomic E-state index is 12.3. The Bertz CT molecular complexity index is 471. The van der Waals surface area contributed by atoms with Crippen molar-refractivity contribution >= 4 is 5.91 Å². The number of rotatable bonds is 7. The van der Waals surface area contributed by atoms with Crippen molar-refractivity contribution in [3.05, 3.63) is 35.4 Å². The Balaban J connectivity index is 1.89. The van der Waals surface area contributed by atoms with Crippen molar-refractivity contribution in [2.45, 2.75) is 39.3 Å². The number of hydrogen-bond donors (Lipinski definition) is 2. The SMILES string of the molecule is CCCN(CC(=O)NC(C)c1ccccc1C)C1CNC1. The zero-order valence-electron chi connectivity index (χ0n) is 13.4. The van der Waals surface area contributed by atoms with Crippen molar-refractivity contribution in [1.82, 2.24) is 15.5 Å². The van der Waals surface area contributed by atoms with Crippen LogP contribution in [0.4, 0.5) is 0 Å². The fourth-order valence-corrected chi connectivity index (χ4v) is 2.83. The maximum absolute atomic E-state index is 12.3. The normalized spacial score (nSPS) is 16.6. The lowest BCUT2D eigenvalue weighted by molar-refractivity contribution is -0.123. The van der Waals surface area contributed by atoms with Gasteiger partial charge in [-0.05, 0) is 37.9 Å². The number of nitrogens with one attached hydrogen (secondary N) is 2. The lowest BCUT2D eigenvalue weighted by Crippen LogP contribution is -2.59. The van der Waals surface area contributed by atoms with E-state index in [4.69, 9.17) is 0 Å². The summed E-state index contributed by atoms with van der Waals surface area (Å²) in [6, 6.07) is 8.79. The van der Waals surface area contributed by atoms with Crippen molar-refractivity contribution in [3.8, 4) is 0 Å². The van der Waals surface area contributed by atoms with Gasteiger partial charge in [-0.15, -0.1) is 0 Å². The van der Waals surface area contributed by atoms with Crippen LogP contribution in [0.15, 0.2) is 24.3 Å². The van der Waals surface area contributed by atoms with E-state index in [2.05, 4.69) is 48.4 Å². The van der Waals surface area contributed by atoms with Gasteiger partial charge in [0, 0.05) is 19.1 Å². The molecule has 0 spiro atoms. The van der Waals surface area contributed by atoms with Gasteiger partial charge >= 0.3 is 0 Å². The fraction of sp³-hybridized carbons (Fsp3) is 0.588. The van der Waals surface area contributed by atoms with Crippen molar-refractivity contribution < 1.29 is 4.79 Å². The molecule has 1 fully saturated rings. The van der Waals surface area contributed by atoms with Gasteiger partial charge in [-0.2, -0.15) is 0 Å². The smallest absolute Gasteiger partial charge is 0.234 e. The van der Waals surface area contributed by atoms with Gasteiger partial charge < -0.3 is 10.6 Å². The number of nitrogens with zero attached hydrogens (tertiary/aromatic N) is 1. The molecule has 1 saturated heterocycles. The molecule has 1 aliphatic heterocycles. The van der Waals surface area contributed by atoms with E-state index in [0.717, 1.165) is 26.1 Å². The second kappa shape index (κ2) is 7.57. The first kappa shape index (κ1) is 16.0. The summed E-state index contributed by atoms with van der Waals surface area (Å²) >= 11 is 0. The minimum atomic E-state index is 0.0571. The minimum Gasteiger partial charge on any atom is -0.348 e. The van der Waals surface area contributed by atoms with E-state index in [1.54, 1.807) is 0 Å². The molecule has 21 heavy (non-hydrogen) atoms. The van der Waals surface area contributed by atoms with Crippen molar-refractivity contribution in [1.29, 1.82) is 0 Å². The molecule has 2 N–H and O–H groups in total. The van der Waals surface area contributed by atoms with Gasteiger partial charge in [0.1, 0.15) is 0 Å². The first-order valence-electron chi connectivity index (χ1n) is 7.91. The molecule has 0 bridgehead atoms. The zero-order chi connectivity index (χ0) is 15.2. The van der Waals surface area contributed by atoms with Crippen LogP contribution < -0.4 is 10.6 Å². The lowest BCUT2D eigenvalue weighted by Gasteiger charge is -2.37. The second-order valence-corrected chi connectivity index (χ2v) is 5.93. The Morgan fingerprint density at radius 1 is 1.43 bits per heavy atom. The summed E-state index contributed by atoms with van der Waals surface area (Å²) in [5.41, 5.74) is 2.41. The van der Waals surface area contributed by atoms with Crippen LogP contribution in [0.5, 0.6) is 0 Å². The highest BCUT2D eigenvalue weighted by atomic mass is 16.2. The van der Waals surface area contributed by atoms with Gasteiger partial charge in [-0.3, -0.25) is 9.69 Å². The molecule has 1 aromatic carbocycles. The third kappa shape index (κ3) is 4.29. The van der Waals surface area contributed by atoms with Crippen molar-refractivity contribution in [2.24, 2.45) is 0 Å². The number of hydrogen-bond acceptors (Lipinski definition) is 3. The topological polar surface area (TPSA) is 44.4 Å². The molecule has 2 rings (SSSR count). The van der Waals surface area contributed by atoms with Gasteiger partial charge in [0.2, 0.25) is 5.91 Å². The van der Waals surface area contributed by atoms with Crippen LogP contribution in [0.25, 0.3) is 0 Å². The molecular formula is C17H27N3O. The number of aryl methyl sites for hydroxylation is 1. The van der Waals surface area contributed by atoms with Crippen LogP contribution in [-0.4, -0.2) is 43.0 Å². The maximum Gasteiger partial charge on any atom is 0.234 e. The average Bonchev–Trinajstić information content (AvgIpc) is 2.37. The summed E-state index contributed by atoms with van der Waals surface area (Å²) in [7, 11) is 0. The highest BCUT2D eigenvalue weighted by Gasteiger charge is 2.25. The number of amides is 1. The third-order valence-electron chi connectivity index (χ3n) is 4.17. The van der Waals surface area contributed by atoms with Crippen LogP contribution >= 0.6 is 0 Å². The molecule has 1 amide bonds. The van der Waals surface area contributed by atoms with Crippen LogP contribution in [0.2, 0.25) is 0 Å². The molecule has 1 atom stereocenters. The summed E-state index contributed by atoms with van der Waals surface area (Å²) in [6.07, 6.45) is 1.08. The van der Waals surface area contributed by atoms with E-state index in [-0.39, 0.29) is 11.9 Å². The molecule has 0 aliphatic carbocycles. The summed E-state index contributed by atoms with van der Waals surface area (Å²) in [5.74, 6) is 0.117. The van der Waals surface area contributed by atoms with E-state index in [1.807, 2.05) is 12.1 Å². The summed E-state index contributed by atoms with van der Waals surface area (Å²) in [6.45, 7) is 9.78. The standard InChI is InChI=1S/C17H27N3O/c1-4-9-20(15-10-18-11-15)12-17(21)19-14(3)16-8-6-5-7-13(16)2/h5-8,14-15,18H,4,9-12H2,1-3H3,(H,19,21). The molecule has 0 aromatic heterocycles. The molecule has 116 valence electrons. The van der Waals surface area contributed by atoms with Crippen molar-refractivity contribution in [3.63, 3.8) is 0 Å². The number of carbonyl (C=O) groups excluding carboxylic acids is 1. The van der Waals surface area contributed by atoms with Gasteiger partial charge in [0.05, 0.1) is 12.6 Å². The summed E-state index contributed by atoms with van der Waals surface area (Å²) in [5, 5.41) is 6.40. The quantitative estimate of drug-likeness (QED) is 0.805. The van der Waals surface area contributed by atoms with Gasteiger partial charge in [0.25, 0.3) is 0 Å². The van der Waals surface area contributed by atoms with E-state index in [9.17, 15) is 4.79 Å². The molecule has 1 aliphatic rings. The average molecular weight is 289 g/mol. The Morgan fingerprint density at radius 2 is 2.14 bits per heavy atom. The Kier molecular flexibility index (Phi) is 5.76. The first-order chi connectivity index (χ1) is 10.1. The van der Waals surface area contributed by atoms with E-state index in [1.165, 1.54) is 11.1 Å². The predicted octanol–water partition coefficient (Wildman–Crippen LogP) is 1.86. The monoisotopic (exact) mass is 289 g/mol. The van der Waals surface area contributed by atoms with E-state index in [0.29, 0.717) is 12.6 Å². The van der Waals surface area contributed by atoms with Gasteiger partial charge in [0.15, 0.2) is 0 Å². The van der Waals surface area contributed by atoms with Crippen LogP contribution in [0.1, 0.15) is 37.4 Å². The summed E-state index contributed by atoms with van der Waals surface area (Å²) < 4.78 is 0. The van der Waals surface area contributed by atoms with Gasteiger partial charge in [-0.1, -0.05) is 31.2 Å². The Hall–Kier alpha value is -1.39. The summed E-state index contributed by atoms with van der Waals surface area (Å²) in [4.78, 5) is 14.6. The third-order valence-corrected chi connectivity index (χ3v) is 4.17. The molecule has 4 nitrogen and oxygen atoms in total. The van der Waals surface area contributed by atoms with Crippen molar-refractivity contribution in [2.75, 3.05) is 26.2 Å². The zero-order valence-corrected chi connectivity index (χ0v) is 13.4. The lowest BCUT2D eigenvalue weighted by atomic mass is 10.0. The largest absolute Gasteiger partial charge is 0.348 e. The molecular weight excluding hydrogens is 262 g/mol. The van der Waals surface area contributed by atoms with Crippen LogP contribution in [-0.2, 0) is 4.79 Å². The van der Waals surface area contributed by atoms with Crippen LogP contribution in [0, 0.1) is 6.92 Å². The second-order valence-electron chi connectivity index (χ2n) is 5.93. The Labute approximate surface area is 127 Å². The van der Waals surface area contributed by atoms with Crippen LogP contribution in [0.3, 0.4) is 0 Å². The first-order valence-corrected chi connectivity index (χ1v) is 7.91. The highest BCUT2D eigenvalue weighted by Crippen LogP contribution is 2.16. The van der Waals surface area contributed by atoms with E-state index >= 15 is 0 Å². The number of carbonyl (C=O) groups is 1. The predicted molar refractivity (Wildman–Crippen MR) is 86.3 cm³/mol. The molecule has 4 heteroatoms. The minimum absolute atomic E-state index is 0.0571. The molecule has 1 unspecified atom stereocenters. The molecule has 1 aromatic rings. The van der Waals surface area contributed by atoms with Gasteiger partial charge in [-0.25, -0.2) is 0 Å². The molecule has 0 saturated carbocycles.